The SMILES string of the molecule is CCOc1ccc(S(=O)(=O)N(CC(=O)N(Cc2ccc(Cl)cc2)[C@H](Cc2ccccc2)C(=O)NC)c2ccccc2)cc1. The molecule has 0 saturated heterocycles. The summed E-state index contributed by atoms with van der Waals surface area (Å²) in [5.41, 5.74) is 1.91. The van der Waals surface area contributed by atoms with E-state index in [1.807, 2.05) is 37.3 Å². The van der Waals surface area contributed by atoms with Gasteiger partial charge in [-0.1, -0.05) is 72.3 Å². The number of carbonyl (C=O) groups excluding carboxylic acids is 2. The maximum absolute atomic E-state index is 14.3. The van der Waals surface area contributed by atoms with Crippen molar-refractivity contribution in [3.05, 3.63) is 125 Å². The second-order valence-corrected chi connectivity index (χ2v) is 12.0. The lowest BCUT2D eigenvalue weighted by atomic mass is 10.0. The van der Waals surface area contributed by atoms with Gasteiger partial charge >= 0.3 is 0 Å². The molecule has 4 aromatic rings. The predicted octanol–water partition coefficient (Wildman–Crippen LogP) is 5.32. The van der Waals surface area contributed by atoms with Gasteiger partial charge in [-0.25, -0.2) is 8.42 Å². The third-order valence-electron chi connectivity index (χ3n) is 6.83. The molecule has 0 fully saturated rings. The highest BCUT2D eigenvalue weighted by molar-refractivity contribution is 7.92. The molecule has 0 unspecified atom stereocenters. The molecule has 0 aliphatic carbocycles. The molecule has 1 N–H and O–H groups in total. The van der Waals surface area contributed by atoms with Crippen molar-refractivity contribution in [3.63, 3.8) is 0 Å². The summed E-state index contributed by atoms with van der Waals surface area (Å²) in [5.74, 6) is -0.378. The molecular weight excluding hydrogens is 586 g/mol. The Kier molecular flexibility index (Phi) is 10.8. The molecule has 0 saturated carbocycles. The second kappa shape index (κ2) is 14.7. The largest absolute Gasteiger partial charge is 0.494 e. The van der Waals surface area contributed by atoms with Crippen LogP contribution < -0.4 is 14.4 Å². The number of hydrogen-bond acceptors (Lipinski definition) is 5. The molecule has 0 radical (unpaired) electrons. The fourth-order valence-electron chi connectivity index (χ4n) is 4.63. The van der Waals surface area contributed by atoms with Crippen molar-refractivity contribution in [1.82, 2.24) is 10.2 Å². The number of carbonyl (C=O) groups is 2. The van der Waals surface area contributed by atoms with Gasteiger partial charge in [0.25, 0.3) is 10.0 Å². The molecule has 0 aliphatic rings. The van der Waals surface area contributed by atoms with Crippen LogP contribution >= 0.6 is 11.6 Å². The van der Waals surface area contributed by atoms with Crippen LogP contribution in [-0.4, -0.2) is 51.4 Å². The number of anilines is 1. The molecule has 43 heavy (non-hydrogen) atoms. The summed E-state index contributed by atoms with van der Waals surface area (Å²) in [4.78, 5) is 29.0. The molecule has 0 spiro atoms. The quantitative estimate of drug-likeness (QED) is 0.219. The molecule has 4 rings (SSSR count). The van der Waals surface area contributed by atoms with Crippen LogP contribution in [0.2, 0.25) is 5.02 Å². The summed E-state index contributed by atoms with van der Waals surface area (Å²) >= 11 is 6.10. The molecule has 0 bridgehead atoms. The fraction of sp³-hybridized carbons (Fsp3) is 0.212. The van der Waals surface area contributed by atoms with Crippen molar-refractivity contribution >= 4 is 39.1 Å². The Hall–Kier alpha value is -4.34. The normalized spacial score (nSPS) is 11.8. The lowest BCUT2D eigenvalue weighted by Crippen LogP contribution is -2.53. The number of hydrogen-bond donors (Lipinski definition) is 1. The van der Waals surface area contributed by atoms with Gasteiger partial charge < -0.3 is 15.0 Å². The number of para-hydroxylation sites is 1. The van der Waals surface area contributed by atoms with Gasteiger partial charge in [0.15, 0.2) is 0 Å². The zero-order valence-corrected chi connectivity index (χ0v) is 25.6. The van der Waals surface area contributed by atoms with Crippen molar-refractivity contribution in [2.24, 2.45) is 0 Å². The molecular formula is C33H34ClN3O5S. The van der Waals surface area contributed by atoms with Crippen LogP contribution in [0.1, 0.15) is 18.1 Å². The zero-order valence-electron chi connectivity index (χ0n) is 24.0. The van der Waals surface area contributed by atoms with E-state index in [2.05, 4.69) is 5.32 Å². The summed E-state index contributed by atoms with van der Waals surface area (Å²) in [6.45, 7) is 1.81. The van der Waals surface area contributed by atoms with E-state index in [0.717, 1.165) is 15.4 Å². The van der Waals surface area contributed by atoms with Crippen molar-refractivity contribution in [2.45, 2.75) is 30.8 Å². The highest BCUT2D eigenvalue weighted by atomic mass is 35.5. The Bertz CT molecular complexity index is 1600. The average Bonchev–Trinajstić information content (AvgIpc) is 3.03. The summed E-state index contributed by atoms with van der Waals surface area (Å²) < 4.78 is 34.6. The number of rotatable bonds is 13. The second-order valence-electron chi connectivity index (χ2n) is 9.72. The van der Waals surface area contributed by atoms with Crippen LogP contribution in [-0.2, 0) is 32.6 Å². The van der Waals surface area contributed by atoms with Gasteiger partial charge in [0, 0.05) is 25.0 Å². The van der Waals surface area contributed by atoms with E-state index in [0.29, 0.717) is 23.1 Å². The molecule has 8 nitrogen and oxygen atoms in total. The Morgan fingerprint density at radius 3 is 2.02 bits per heavy atom. The van der Waals surface area contributed by atoms with Gasteiger partial charge in [-0.05, 0) is 66.6 Å². The van der Waals surface area contributed by atoms with Crippen LogP contribution in [0.25, 0.3) is 0 Å². The van der Waals surface area contributed by atoms with E-state index < -0.39 is 28.5 Å². The molecule has 10 heteroatoms. The molecule has 4 aromatic carbocycles. The van der Waals surface area contributed by atoms with Crippen LogP contribution in [0.15, 0.2) is 114 Å². The smallest absolute Gasteiger partial charge is 0.264 e. The van der Waals surface area contributed by atoms with Crippen molar-refractivity contribution in [2.75, 3.05) is 24.5 Å². The topological polar surface area (TPSA) is 96.0 Å². The van der Waals surface area contributed by atoms with Gasteiger partial charge in [-0.15, -0.1) is 0 Å². The van der Waals surface area contributed by atoms with E-state index in [9.17, 15) is 18.0 Å². The number of sulfonamides is 1. The van der Waals surface area contributed by atoms with Gasteiger partial charge in [0.2, 0.25) is 11.8 Å². The minimum absolute atomic E-state index is 0.00370. The highest BCUT2D eigenvalue weighted by Gasteiger charge is 2.34. The highest BCUT2D eigenvalue weighted by Crippen LogP contribution is 2.26. The molecule has 224 valence electrons. The van der Waals surface area contributed by atoms with E-state index in [1.54, 1.807) is 66.7 Å². The maximum Gasteiger partial charge on any atom is 0.264 e. The Morgan fingerprint density at radius 2 is 1.44 bits per heavy atom. The van der Waals surface area contributed by atoms with Crippen molar-refractivity contribution in [1.29, 1.82) is 0 Å². The van der Waals surface area contributed by atoms with Crippen molar-refractivity contribution in [3.8, 4) is 5.75 Å². The lowest BCUT2D eigenvalue weighted by Gasteiger charge is -2.33. The number of nitrogens with zero attached hydrogens (tertiary/aromatic N) is 2. The third-order valence-corrected chi connectivity index (χ3v) is 8.87. The lowest BCUT2D eigenvalue weighted by molar-refractivity contribution is -0.139. The number of benzene rings is 4. The standard InChI is InChI=1S/C33H34ClN3O5S/c1-3-42-29-18-20-30(21-19-29)43(40,41)37(28-12-8-5-9-13-28)24-32(38)36(23-26-14-16-27(34)17-15-26)31(33(39)35-2)22-25-10-6-4-7-11-25/h4-21,31H,3,22-24H2,1-2H3,(H,35,39)/t31-/m1/s1. The fourth-order valence-corrected chi connectivity index (χ4v) is 6.17. The Morgan fingerprint density at radius 1 is 0.837 bits per heavy atom. The van der Waals surface area contributed by atoms with Crippen LogP contribution in [0.4, 0.5) is 5.69 Å². The summed E-state index contributed by atoms with van der Waals surface area (Å²) in [6.07, 6.45) is 0.233. The number of amides is 2. The summed E-state index contributed by atoms with van der Waals surface area (Å²) in [7, 11) is -2.68. The van der Waals surface area contributed by atoms with Crippen LogP contribution in [0.3, 0.4) is 0 Å². The van der Waals surface area contributed by atoms with Gasteiger partial charge in [0.1, 0.15) is 18.3 Å². The third kappa shape index (κ3) is 8.15. The average molecular weight is 620 g/mol. The molecule has 1 atom stereocenters. The van der Waals surface area contributed by atoms with Gasteiger partial charge in [-0.3, -0.25) is 13.9 Å². The first kappa shape index (κ1) is 31.6. The van der Waals surface area contributed by atoms with E-state index in [1.165, 1.54) is 24.1 Å². The Balaban J connectivity index is 1.75. The molecule has 0 heterocycles. The summed E-state index contributed by atoms with van der Waals surface area (Å²) in [6, 6.07) is 29.9. The number of likely N-dealkylation sites (N-methyl/N-ethyl adjacent to an activating group) is 1. The van der Waals surface area contributed by atoms with Gasteiger partial charge in [-0.2, -0.15) is 0 Å². The predicted molar refractivity (Wildman–Crippen MR) is 169 cm³/mol. The minimum Gasteiger partial charge on any atom is -0.494 e. The first-order valence-electron chi connectivity index (χ1n) is 13.8. The van der Waals surface area contributed by atoms with Crippen molar-refractivity contribution < 1.29 is 22.7 Å². The Labute approximate surface area is 257 Å². The maximum atomic E-state index is 14.3. The zero-order chi connectivity index (χ0) is 30.8. The summed E-state index contributed by atoms with van der Waals surface area (Å²) in [5, 5.41) is 3.21. The number of nitrogens with one attached hydrogen (secondary N) is 1. The van der Waals surface area contributed by atoms with Gasteiger partial charge in [0.05, 0.1) is 17.2 Å². The number of halogens is 1. The monoisotopic (exact) mass is 619 g/mol. The molecule has 0 aromatic heterocycles. The molecule has 2 amide bonds. The first-order valence-corrected chi connectivity index (χ1v) is 15.6. The van der Waals surface area contributed by atoms with Crippen LogP contribution in [0.5, 0.6) is 5.75 Å². The van der Waals surface area contributed by atoms with E-state index in [-0.39, 0.29) is 23.8 Å². The first-order chi connectivity index (χ1) is 20.7. The minimum atomic E-state index is -4.19. The molecule has 0 aliphatic heterocycles. The van der Waals surface area contributed by atoms with Crippen LogP contribution in [0, 0.1) is 0 Å². The van der Waals surface area contributed by atoms with E-state index in [4.69, 9.17) is 16.3 Å². The number of ether oxygens (including phenoxy) is 1. The van der Waals surface area contributed by atoms with E-state index >= 15 is 0 Å².